The standard InChI is InChI=1S/C35H36N10O7S2/c1-51-23-10-6-21(7-11-23)16-38-54(49,50)33-29(53(47,48)25-18-44(19-25)20-30(36)46)15-14-26(27-4-3-5-28-32(27)40-35(37)39-28)31(33)34-41-43-45(42-34)17-22-8-12-24(52-2)13-9-22/h3-15,25,38H,16-20H2,1-2H3,(H2,36,46)(H3,37,39,40). The Hall–Kier alpha value is -5.89. The third kappa shape index (κ3) is 7.21. The van der Waals surface area contributed by atoms with E-state index >= 15 is 0 Å². The lowest BCUT2D eigenvalue weighted by Crippen LogP contribution is -2.56. The molecule has 280 valence electrons. The highest BCUT2D eigenvalue weighted by Crippen LogP contribution is 2.42. The Morgan fingerprint density at radius 2 is 1.57 bits per heavy atom. The van der Waals surface area contributed by atoms with Crippen molar-refractivity contribution in [3.8, 4) is 34.0 Å². The molecule has 0 spiro atoms. The molecule has 1 saturated heterocycles. The van der Waals surface area contributed by atoms with Crippen LogP contribution in [0.2, 0.25) is 0 Å². The fraction of sp³-hybridized carbons (Fsp3) is 0.229. The molecule has 6 N–H and O–H groups in total. The number of primary amides is 1. The zero-order valence-corrected chi connectivity index (χ0v) is 30.8. The zero-order chi connectivity index (χ0) is 38.2. The molecule has 19 heteroatoms. The Bertz CT molecular complexity index is 2570. The van der Waals surface area contributed by atoms with Crippen LogP contribution in [0, 0.1) is 0 Å². The van der Waals surface area contributed by atoms with Gasteiger partial charge in [-0.05, 0) is 58.3 Å². The number of nitrogens with zero attached hydrogens (tertiary/aromatic N) is 6. The van der Waals surface area contributed by atoms with Crippen molar-refractivity contribution >= 4 is 42.7 Å². The van der Waals surface area contributed by atoms with Gasteiger partial charge < -0.3 is 25.9 Å². The number of benzene rings is 4. The number of hydrogen-bond donors (Lipinski definition) is 4. The highest BCUT2D eigenvalue weighted by atomic mass is 32.2. The van der Waals surface area contributed by atoms with Crippen molar-refractivity contribution in [1.82, 2.24) is 39.8 Å². The summed E-state index contributed by atoms with van der Waals surface area (Å²) >= 11 is 0. The van der Waals surface area contributed by atoms with Crippen LogP contribution in [0.5, 0.6) is 11.5 Å². The highest BCUT2D eigenvalue weighted by Gasteiger charge is 2.43. The lowest BCUT2D eigenvalue weighted by molar-refractivity contribution is -0.119. The van der Waals surface area contributed by atoms with Gasteiger partial charge in [-0.1, -0.05) is 42.5 Å². The third-order valence-electron chi connectivity index (χ3n) is 9.04. The van der Waals surface area contributed by atoms with Crippen LogP contribution in [-0.2, 0) is 37.7 Å². The van der Waals surface area contributed by atoms with Crippen molar-refractivity contribution in [3.05, 3.63) is 90.0 Å². The molecule has 3 heterocycles. The molecule has 0 radical (unpaired) electrons. The topological polar surface area (TPSA) is 243 Å². The minimum Gasteiger partial charge on any atom is -0.497 e. The first-order valence-electron chi connectivity index (χ1n) is 16.6. The highest BCUT2D eigenvalue weighted by molar-refractivity contribution is 7.94. The number of methoxy groups -OCH3 is 2. The molecule has 0 unspecified atom stereocenters. The van der Waals surface area contributed by atoms with E-state index in [9.17, 15) is 21.6 Å². The molecule has 4 aromatic carbocycles. The van der Waals surface area contributed by atoms with Crippen LogP contribution in [0.15, 0.2) is 88.7 Å². The first kappa shape index (κ1) is 36.5. The van der Waals surface area contributed by atoms with Gasteiger partial charge in [-0.25, -0.2) is 26.5 Å². The number of ether oxygens (including phenoxy) is 2. The number of carbonyl (C=O) groups excluding carboxylic acids is 1. The number of rotatable bonds is 14. The van der Waals surface area contributed by atoms with Crippen molar-refractivity contribution in [3.63, 3.8) is 0 Å². The molecule has 0 aliphatic carbocycles. The van der Waals surface area contributed by atoms with Crippen LogP contribution >= 0.6 is 0 Å². The largest absolute Gasteiger partial charge is 0.497 e. The van der Waals surface area contributed by atoms with Crippen molar-refractivity contribution in [2.45, 2.75) is 28.1 Å². The average molecular weight is 773 g/mol. The van der Waals surface area contributed by atoms with Gasteiger partial charge in [0.25, 0.3) is 0 Å². The number of fused-ring (bicyclic) bond motifs is 1. The minimum atomic E-state index is -4.68. The van der Waals surface area contributed by atoms with Crippen molar-refractivity contribution < 1.29 is 31.1 Å². The number of H-pyrrole nitrogens is 1. The van der Waals surface area contributed by atoms with Gasteiger partial charge in [-0.2, -0.15) is 4.80 Å². The van der Waals surface area contributed by atoms with E-state index in [1.54, 1.807) is 66.6 Å². The maximum Gasteiger partial charge on any atom is 0.242 e. The number of aromatic amines is 1. The molecule has 0 saturated carbocycles. The molecule has 1 amide bonds. The molecular weight excluding hydrogens is 737 g/mol. The quantitative estimate of drug-likeness (QED) is 0.124. The molecule has 0 bridgehead atoms. The number of tetrazole rings is 1. The Morgan fingerprint density at radius 3 is 2.22 bits per heavy atom. The van der Waals surface area contributed by atoms with Gasteiger partial charge in [0.15, 0.2) is 15.8 Å². The number of aromatic nitrogens is 6. The first-order chi connectivity index (χ1) is 25.9. The lowest BCUT2D eigenvalue weighted by atomic mass is 9.98. The summed E-state index contributed by atoms with van der Waals surface area (Å²) in [6, 6.07) is 21.9. The zero-order valence-electron chi connectivity index (χ0n) is 29.1. The fourth-order valence-corrected chi connectivity index (χ4v) is 10.1. The van der Waals surface area contributed by atoms with Crippen LogP contribution < -0.4 is 25.7 Å². The number of carbonyl (C=O) groups is 1. The Morgan fingerprint density at radius 1 is 0.907 bits per heavy atom. The van der Waals surface area contributed by atoms with E-state index in [4.69, 9.17) is 20.9 Å². The summed E-state index contributed by atoms with van der Waals surface area (Å²) < 4.78 is 71.4. The summed E-state index contributed by atoms with van der Waals surface area (Å²) in [5.41, 5.74) is 14.3. The maximum atomic E-state index is 14.7. The summed E-state index contributed by atoms with van der Waals surface area (Å²) in [6.07, 6.45) is 0. The van der Waals surface area contributed by atoms with Crippen LogP contribution in [0.4, 0.5) is 5.95 Å². The van der Waals surface area contributed by atoms with Crippen LogP contribution in [0.1, 0.15) is 11.1 Å². The van der Waals surface area contributed by atoms with Gasteiger partial charge in [0.1, 0.15) is 16.4 Å². The Labute approximate surface area is 310 Å². The lowest BCUT2D eigenvalue weighted by Gasteiger charge is -2.38. The summed E-state index contributed by atoms with van der Waals surface area (Å²) in [5.74, 6) is 0.599. The molecule has 0 atom stereocenters. The van der Waals surface area contributed by atoms with Gasteiger partial charge in [0, 0.05) is 25.2 Å². The summed E-state index contributed by atoms with van der Waals surface area (Å²) in [5, 5.41) is 12.1. The smallest absolute Gasteiger partial charge is 0.242 e. The third-order valence-corrected chi connectivity index (χ3v) is 12.8. The molecule has 7 rings (SSSR count). The first-order valence-corrected chi connectivity index (χ1v) is 19.6. The second kappa shape index (κ2) is 14.5. The SMILES string of the molecule is COc1ccc(CNS(=O)(=O)c2c(S(=O)(=O)C3CN(CC(N)=O)C3)ccc(-c3cccc4[nH]c(N)nc34)c2-c2nnn(Cc3ccc(OC)cc3)n2)cc1. The van der Waals surface area contributed by atoms with E-state index in [1.807, 2.05) is 12.1 Å². The van der Waals surface area contributed by atoms with Crippen molar-refractivity contribution in [2.24, 2.45) is 5.73 Å². The number of hydrogen-bond acceptors (Lipinski definition) is 13. The van der Waals surface area contributed by atoms with Crippen molar-refractivity contribution in [1.29, 1.82) is 0 Å². The number of nitrogens with one attached hydrogen (secondary N) is 2. The van der Waals surface area contributed by atoms with Gasteiger partial charge in [0.2, 0.25) is 21.8 Å². The maximum absolute atomic E-state index is 14.7. The molecule has 6 aromatic rings. The van der Waals surface area contributed by atoms with Gasteiger partial charge in [-0.15, -0.1) is 10.2 Å². The minimum absolute atomic E-state index is 0.0245. The van der Waals surface area contributed by atoms with Gasteiger partial charge >= 0.3 is 0 Å². The number of likely N-dealkylation sites (tertiary alicyclic amines) is 1. The van der Waals surface area contributed by atoms with Crippen LogP contribution in [0.3, 0.4) is 0 Å². The van der Waals surface area contributed by atoms with Crippen molar-refractivity contribution in [2.75, 3.05) is 39.6 Å². The molecule has 17 nitrogen and oxygen atoms in total. The number of amides is 1. The fourth-order valence-electron chi connectivity index (χ4n) is 6.32. The number of nitrogen functional groups attached to an aromatic ring is 1. The monoisotopic (exact) mass is 772 g/mol. The summed E-state index contributed by atoms with van der Waals surface area (Å²) in [7, 11) is -5.97. The molecule has 1 fully saturated rings. The Balaban J connectivity index is 1.42. The number of nitrogens with two attached hydrogens (primary N) is 2. The number of anilines is 1. The summed E-state index contributed by atoms with van der Waals surface area (Å²) in [6.45, 7) is -0.213. The second-order valence-corrected chi connectivity index (χ2v) is 16.5. The second-order valence-electron chi connectivity index (χ2n) is 12.6. The van der Waals surface area contributed by atoms with Gasteiger partial charge in [-0.3, -0.25) is 9.69 Å². The molecule has 54 heavy (non-hydrogen) atoms. The van der Waals surface area contributed by atoms with E-state index in [0.29, 0.717) is 33.7 Å². The molecular formula is C35H36N10O7S2. The predicted molar refractivity (Wildman–Crippen MR) is 198 cm³/mol. The van der Waals surface area contributed by atoms with E-state index < -0.39 is 40.8 Å². The molecule has 1 aliphatic rings. The van der Waals surface area contributed by atoms with E-state index in [2.05, 4.69) is 30.1 Å². The van der Waals surface area contributed by atoms with Gasteiger partial charge in [0.05, 0.1) is 54.1 Å². The van der Waals surface area contributed by atoms with E-state index in [-0.39, 0.29) is 55.6 Å². The number of sulfonamides is 1. The normalized spacial score (nSPS) is 13.9. The number of imidazole rings is 1. The van der Waals surface area contributed by atoms with E-state index in [1.165, 1.54) is 24.0 Å². The molecule has 2 aromatic heterocycles. The summed E-state index contributed by atoms with van der Waals surface area (Å²) in [4.78, 5) is 20.8. The number of para-hydroxylation sites is 1. The predicted octanol–water partition coefficient (Wildman–Crippen LogP) is 1.95. The van der Waals surface area contributed by atoms with Crippen LogP contribution in [0.25, 0.3) is 33.5 Å². The Kier molecular flexibility index (Phi) is 9.79. The molecule has 1 aliphatic heterocycles. The van der Waals surface area contributed by atoms with E-state index in [0.717, 1.165) is 5.56 Å². The average Bonchev–Trinajstić information content (AvgIpc) is 3.77. The number of sulfone groups is 1. The van der Waals surface area contributed by atoms with Crippen LogP contribution in [-0.4, -0.2) is 96.9 Å².